The van der Waals surface area contributed by atoms with Crippen molar-refractivity contribution in [1.82, 2.24) is 0 Å². The van der Waals surface area contributed by atoms with Gasteiger partial charge in [0, 0.05) is 10.7 Å². The van der Waals surface area contributed by atoms with Crippen molar-refractivity contribution in [2.75, 3.05) is 11.1 Å². The van der Waals surface area contributed by atoms with E-state index in [4.69, 9.17) is 22.1 Å². The number of carbonyl (C=O) groups is 1. The molecule has 4 nitrogen and oxygen atoms in total. The number of rotatable bonds is 4. The largest absolute Gasteiger partial charge is 0.459 e. The first-order valence-corrected chi connectivity index (χ1v) is 7.38. The van der Waals surface area contributed by atoms with Crippen molar-refractivity contribution in [2.24, 2.45) is 0 Å². The molecule has 116 valence electrons. The van der Waals surface area contributed by atoms with E-state index in [-0.39, 0.29) is 12.1 Å². The van der Waals surface area contributed by atoms with Crippen molar-refractivity contribution in [3.8, 4) is 0 Å². The third-order valence-corrected chi connectivity index (χ3v) is 3.49. The summed E-state index contributed by atoms with van der Waals surface area (Å²) in [7, 11) is 0. The summed E-state index contributed by atoms with van der Waals surface area (Å²) in [6.07, 6.45) is -0.166. The first kappa shape index (κ1) is 16.2. The van der Waals surface area contributed by atoms with Gasteiger partial charge in [0.25, 0.3) is 0 Å². The topological polar surface area (TPSA) is 64.3 Å². The summed E-state index contributed by atoms with van der Waals surface area (Å²) in [6.45, 7) is 5.55. The lowest BCUT2D eigenvalue weighted by Gasteiger charge is -2.12. The summed E-state index contributed by atoms with van der Waals surface area (Å²) < 4.78 is 5.15. The van der Waals surface area contributed by atoms with E-state index >= 15 is 0 Å². The molecule has 0 saturated heterocycles. The van der Waals surface area contributed by atoms with E-state index < -0.39 is 0 Å². The summed E-state index contributed by atoms with van der Waals surface area (Å²) in [5.74, 6) is -0.383. The van der Waals surface area contributed by atoms with E-state index in [1.54, 1.807) is 32.0 Å². The Morgan fingerprint density at radius 2 is 1.95 bits per heavy atom. The molecule has 0 fully saturated rings. The third kappa shape index (κ3) is 3.92. The van der Waals surface area contributed by atoms with Crippen LogP contribution in [0.4, 0.5) is 17.1 Å². The molecule has 0 spiro atoms. The Kier molecular flexibility index (Phi) is 4.93. The molecule has 22 heavy (non-hydrogen) atoms. The molecule has 5 heteroatoms. The van der Waals surface area contributed by atoms with Crippen LogP contribution in [0.15, 0.2) is 36.4 Å². The fourth-order valence-electron chi connectivity index (χ4n) is 1.91. The van der Waals surface area contributed by atoms with Gasteiger partial charge in [-0.3, -0.25) is 0 Å². The Labute approximate surface area is 135 Å². The smallest absolute Gasteiger partial charge is 0.338 e. The highest BCUT2D eigenvalue weighted by atomic mass is 35.5. The molecule has 0 saturated carbocycles. The molecule has 0 heterocycles. The number of esters is 1. The zero-order valence-corrected chi connectivity index (χ0v) is 13.6. The van der Waals surface area contributed by atoms with Crippen molar-refractivity contribution in [3.63, 3.8) is 0 Å². The minimum Gasteiger partial charge on any atom is -0.459 e. The maximum atomic E-state index is 11.8. The zero-order valence-electron chi connectivity index (χ0n) is 12.8. The molecule has 2 rings (SSSR count). The number of ether oxygens (including phenoxy) is 1. The predicted molar refractivity (Wildman–Crippen MR) is 90.9 cm³/mol. The Hall–Kier alpha value is -2.20. The van der Waals surface area contributed by atoms with Crippen LogP contribution >= 0.6 is 11.6 Å². The van der Waals surface area contributed by atoms with Gasteiger partial charge in [-0.1, -0.05) is 17.7 Å². The molecule has 0 atom stereocenters. The second kappa shape index (κ2) is 6.71. The van der Waals surface area contributed by atoms with E-state index in [1.165, 1.54) is 0 Å². The number of halogens is 1. The van der Waals surface area contributed by atoms with E-state index in [0.717, 1.165) is 11.3 Å². The van der Waals surface area contributed by atoms with Crippen LogP contribution in [0.1, 0.15) is 29.8 Å². The van der Waals surface area contributed by atoms with E-state index in [1.807, 2.05) is 25.1 Å². The lowest BCUT2D eigenvalue weighted by molar-refractivity contribution is 0.0378. The van der Waals surface area contributed by atoms with Crippen LogP contribution in [-0.2, 0) is 4.74 Å². The molecule has 0 aliphatic carbocycles. The van der Waals surface area contributed by atoms with Crippen molar-refractivity contribution in [3.05, 3.63) is 52.5 Å². The van der Waals surface area contributed by atoms with Crippen molar-refractivity contribution >= 4 is 34.6 Å². The maximum absolute atomic E-state index is 11.8. The minimum atomic E-state index is -0.383. The summed E-state index contributed by atoms with van der Waals surface area (Å²) in [6, 6.07) is 10.7. The molecule has 0 amide bonds. The lowest BCUT2D eigenvalue weighted by Crippen LogP contribution is -2.12. The quantitative estimate of drug-likeness (QED) is 0.641. The van der Waals surface area contributed by atoms with Crippen LogP contribution in [0.5, 0.6) is 0 Å². The summed E-state index contributed by atoms with van der Waals surface area (Å²) in [4.78, 5) is 11.8. The van der Waals surface area contributed by atoms with Crippen LogP contribution in [0.3, 0.4) is 0 Å². The second-order valence-electron chi connectivity index (χ2n) is 5.35. The Balaban J connectivity index is 2.19. The second-order valence-corrected chi connectivity index (χ2v) is 5.75. The van der Waals surface area contributed by atoms with Crippen molar-refractivity contribution < 1.29 is 9.53 Å². The molecule has 0 radical (unpaired) electrons. The third-order valence-electron chi connectivity index (χ3n) is 3.08. The molecule has 0 bridgehead atoms. The highest BCUT2D eigenvalue weighted by Crippen LogP contribution is 2.27. The van der Waals surface area contributed by atoms with Gasteiger partial charge in [0.2, 0.25) is 0 Å². The molecule has 2 aromatic rings. The van der Waals surface area contributed by atoms with Gasteiger partial charge in [-0.15, -0.1) is 0 Å². The Bertz CT molecular complexity index is 699. The van der Waals surface area contributed by atoms with E-state index in [2.05, 4.69) is 5.32 Å². The van der Waals surface area contributed by atoms with E-state index in [0.29, 0.717) is 22.0 Å². The molecule has 0 aromatic heterocycles. The van der Waals surface area contributed by atoms with Gasteiger partial charge in [0.05, 0.1) is 23.0 Å². The normalized spacial score (nSPS) is 10.6. The number of nitrogen functional groups attached to an aromatic ring is 1. The Morgan fingerprint density at radius 1 is 1.23 bits per heavy atom. The fourth-order valence-corrected chi connectivity index (χ4v) is 2.09. The minimum absolute atomic E-state index is 0.166. The highest BCUT2D eigenvalue weighted by molar-refractivity contribution is 6.31. The number of anilines is 3. The number of aryl methyl sites for hydroxylation is 1. The zero-order chi connectivity index (χ0) is 16.3. The van der Waals surface area contributed by atoms with Crippen LogP contribution in [0.2, 0.25) is 5.02 Å². The number of hydrogen-bond acceptors (Lipinski definition) is 4. The van der Waals surface area contributed by atoms with Gasteiger partial charge < -0.3 is 15.8 Å². The van der Waals surface area contributed by atoms with Gasteiger partial charge in [-0.05, 0) is 56.7 Å². The average Bonchev–Trinajstić information content (AvgIpc) is 2.44. The van der Waals surface area contributed by atoms with Gasteiger partial charge in [-0.25, -0.2) is 4.79 Å². The van der Waals surface area contributed by atoms with Gasteiger partial charge >= 0.3 is 5.97 Å². The first-order valence-electron chi connectivity index (χ1n) is 7.00. The fraction of sp³-hybridized carbons (Fsp3) is 0.235. The summed E-state index contributed by atoms with van der Waals surface area (Å²) in [5, 5.41) is 3.87. The van der Waals surface area contributed by atoms with Gasteiger partial charge in [-0.2, -0.15) is 0 Å². The molecule has 3 N–H and O–H groups in total. The first-order chi connectivity index (χ1) is 10.4. The highest BCUT2D eigenvalue weighted by Gasteiger charge is 2.11. The lowest BCUT2D eigenvalue weighted by atomic mass is 10.1. The SMILES string of the molecule is Cc1ccc(Nc2ccc(C(=O)OC(C)C)cc2N)cc1Cl. The summed E-state index contributed by atoms with van der Waals surface area (Å²) in [5.41, 5.74) is 9.45. The van der Waals surface area contributed by atoms with Gasteiger partial charge in [0.15, 0.2) is 0 Å². The van der Waals surface area contributed by atoms with Crippen LogP contribution in [0, 0.1) is 6.92 Å². The number of hydrogen-bond donors (Lipinski definition) is 2. The molecule has 2 aromatic carbocycles. The Morgan fingerprint density at radius 3 is 2.55 bits per heavy atom. The van der Waals surface area contributed by atoms with Crippen LogP contribution < -0.4 is 11.1 Å². The number of nitrogens with two attached hydrogens (primary N) is 1. The molecule has 0 aliphatic heterocycles. The van der Waals surface area contributed by atoms with Crippen LogP contribution in [-0.4, -0.2) is 12.1 Å². The molecular weight excluding hydrogens is 300 g/mol. The van der Waals surface area contributed by atoms with E-state index in [9.17, 15) is 4.79 Å². The van der Waals surface area contributed by atoms with Crippen molar-refractivity contribution in [2.45, 2.75) is 26.9 Å². The molecular formula is C17H19ClN2O2. The average molecular weight is 319 g/mol. The molecule has 0 unspecified atom stereocenters. The standard InChI is InChI=1S/C17H19ClN2O2/c1-10(2)22-17(21)12-5-7-16(15(19)8-12)20-13-6-4-11(3)14(18)9-13/h4-10,20H,19H2,1-3H3. The molecule has 0 aliphatic rings. The van der Waals surface area contributed by atoms with Crippen molar-refractivity contribution in [1.29, 1.82) is 0 Å². The number of nitrogens with one attached hydrogen (secondary N) is 1. The van der Waals surface area contributed by atoms with Crippen LogP contribution in [0.25, 0.3) is 0 Å². The summed E-state index contributed by atoms with van der Waals surface area (Å²) >= 11 is 6.10. The van der Waals surface area contributed by atoms with Gasteiger partial charge in [0.1, 0.15) is 0 Å². The predicted octanol–water partition coefficient (Wildman–Crippen LogP) is 4.54. The number of benzene rings is 2. The number of carbonyl (C=O) groups excluding carboxylic acids is 1. The maximum Gasteiger partial charge on any atom is 0.338 e. The monoisotopic (exact) mass is 318 g/mol.